The van der Waals surface area contributed by atoms with Gasteiger partial charge in [0.25, 0.3) is 0 Å². The van der Waals surface area contributed by atoms with Gasteiger partial charge < -0.3 is 48.3 Å². The Kier molecular flexibility index (Phi) is 12.1. The summed E-state index contributed by atoms with van der Waals surface area (Å²) in [6.45, 7) is 3.40. The van der Waals surface area contributed by atoms with Crippen LogP contribution in [0.3, 0.4) is 0 Å². The smallest absolute Gasteiger partial charge is 0.326 e. The number of carboxylic acid groups (broad SMARTS) is 2. The lowest BCUT2D eigenvalue weighted by Gasteiger charge is -2.27. The third kappa shape index (κ3) is 10.1. The fraction of sp³-hybridized carbons (Fsp3) is 0.462. The molecule has 0 saturated heterocycles. The highest BCUT2D eigenvalue weighted by atomic mass is 16.4. The summed E-state index contributed by atoms with van der Waals surface area (Å²) in [5.41, 5.74) is 18.6. The van der Waals surface area contributed by atoms with E-state index in [2.05, 4.69) is 25.9 Å². The van der Waals surface area contributed by atoms with Gasteiger partial charge >= 0.3 is 11.9 Å². The van der Waals surface area contributed by atoms with Crippen molar-refractivity contribution < 1.29 is 34.2 Å². The Bertz CT molecular complexity index is 1270. The topological polar surface area (TPSA) is 268 Å². The second-order valence-electron chi connectivity index (χ2n) is 9.91. The van der Waals surface area contributed by atoms with Crippen LogP contribution in [0.2, 0.25) is 0 Å². The van der Waals surface area contributed by atoms with Crippen molar-refractivity contribution in [2.45, 2.75) is 63.7 Å². The zero-order valence-corrected chi connectivity index (χ0v) is 22.9. The van der Waals surface area contributed by atoms with Crippen molar-refractivity contribution in [3.63, 3.8) is 0 Å². The molecule has 1 aromatic carbocycles. The van der Waals surface area contributed by atoms with Gasteiger partial charge in [-0.1, -0.05) is 32.0 Å². The van der Waals surface area contributed by atoms with Crippen LogP contribution in [0, 0.1) is 5.92 Å². The van der Waals surface area contributed by atoms with Crippen LogP contribution in [0.5, 0.6) is 0 Å². The largest absolute Gasteiger partial charge is 0.481 e. The van der Waals surface area contributed by atoms with Crippen molar-refractivity contribution in [2.75, 3.05) is 6.54 Å². The fourth-order valence-electron chi connectivity index (χ4n) is 4.11. The minimum absolute atomic E-state index is 0.0946. The van der Waals surface area contributed by atoms with Crippen molar-refractivity contribution in [3.05, 3.63) is 36.0 Å². The molecule has 0 bridgehead atoms. The highest BCUT2D eigenvalue weighted by molar-refractivity contribution is 5.95. The van der Waals surface area contributed by atoms with E-state index in [1.807, 2.05) is 24.3 Å². The molecule has 2 rings (SSSR count). The molecule has 0 fully saturated rings. The number of benzene rings is 1. The number of amides is 3. The molecule has 3 amide bonds. The molecular formula is C26H38N8O7. The molecule has 1 heterocycles. The number of aromatic amines is 1. The molecule has 4 atom stereocenters. The molecule has 4 unspecified atom stereocenters. The molecule has 0 radical (unpaired) electrons. The Morgan fingerprint density at radius 3 is 2.22 bits per heavy atom. The van der Waals surface area contributed by atoms with Gasteiger partial charge in [0.1, 0.15) is 18.1 Å². The SMILES string of the molecule is CC(C)C(NC(=O)C(CCCN=C(N)N)NC(=O)C(N)Cc1c[nH]c2ccccc12)C(=O)NC(CC(=O)O)C(=O)O. The Hall–Kier alpha value is -4.66. The lowest BCUT2D eigenvalue weighted by Crippen LogP contribution is -2.58. The van der Waals surface area contributed by atoms with Crippen LogP contribution in [0.15, 0.2) is 35.5 Å². The minimum atomic E-state index is -1.70. The number of nitrogens with zero attached hydrogens (tertiary/aromatic N) is 1. The van der Waals surface area contributed by atoms with E-state index < -0.39 is 66.2 Å². The van der Waals surface area contributed by atoms with Gasteiger partial charge in [-0.05, 0) is 36.8 Å². The second kappa shape index (κ2) is 15.2. The molecule has 15 heteroatoms. The lowest BCUT2D eigenvalue weighted by molar-refractivity contribution is -0.147. The number of carbonyl (C=O) groups excluding carboxylic acids is 3. The van der Waals surface area contributed by atoms with E-state index >= 15 is 0 Å². The number of nitrogens with one attached hydrogen (secondary N) is 4. The number of para-hydroxylation sites is 1. The molecule has 12 N–H and O–H groups in total. The summed E-state index contributed by atoms with van der Waals surface area (Å²) in [4.78, 5) is 68.6. The molecule has 0 saturated carbocycles. The van der Waals surface area contributed by atoms with Crippen molar-refractivity contribution in [1.29, 1.82) is 0 Å². The highest BCUT2D eigenvalue weighted by Gasteiger charge is 2.32. The van der Waals surface area contributed by atoms with Crippen LogP contribution in [-0.2, 0) is 30.4 Å². The van der Waals surface area contributed by atoms with Crippen LogP contribution in [-0.4, -0.2) is 81.5 Å². The number of carboxylic acids is 2. The number of fused-ring (bicyclic) bond motifs is 1. The highest BCUT2D eigenvalue weighted by Crippen LogP contribution is 2.19. The molecule has 1 aromatic heterocycles. The quantitative estimate of drug-likeness (QED) is 0.0653. The number of rotatable bonds is 16. The first kappa shape index (κ1) is 32.6. The number of aliphatic carboxylic acids is 2. The number of aliphatic imine (C=N–C) groups is 1. The number of guanidine groups is 1. The summed E-state index contributed by atoms with van der Waals surface area (Å²) in [6.07, 6.45) is 1.49. The first-order valence-electron chi connectivity index (χ1n) is 13.0. The van der Waals surface area contributed by atoms with E-state index in [9.17, 15) is 29.1 Å². The van der Waals surface area contributed by atoms with E-state index in [4.69, 9.17) is 22.3 Å². The zero-order chi connectivity index (χ0) is 30.7. The summed E-state index contributed by atoms with van der Waals surface area (Å²) in [5, 5.41) is 26.4. The predicted octanol–water partition coefficient (Wildman–Crippen LogP) is -1.24. The van der Waals surface area contributed by atoms with E-state index in [-0.39, 0.29) is 25.3 Å². The lowest BCUT2D eigenvalue weighted by atomic mass is 10.0. The van der Waals surface area contributed by atoms with Gasteiger partial charge in [0.05, 0.1) is 12.5 Å². The number of hydrogen-bond acceptors (Lipinski definition) is 7. The van der Waals surface area contributed by atoms with Gasteiger partial charge in [-0.2, -0.15) is 0 Å². The molecule has 41 heavy (non-hydrogen) atoms. The molecule has 224 valence electrons. The van der Waals surface area contributed by atoms with E-state index in [0.717, 1.165) is 16.5 Å². The maximum Gasteiger partial charge on any atom is 0.326 e. The van der Waals surface area contributed by atoms with Crippen LogP contribution in [0.1, 0.15) is 38.7 Å². The van der Waals surface area contributed by atoms with Crippen molar-refractivity contribution in [2.24, 2.45) is 28.1 Å². The minimum Gasteiger partial charge on any atom is -0.481 e. The Labute approximate surface area is 236 Å². The number of nitrogens with two attached hydrogens (primary N) is 3. The number of carbonyl (C=O) groups is 5. The maximum absolute atomic E-state index is 13.3. The predicted molar refractivity (Wildman–Crippen MR) is 150 cm³/mol. The van der Waals surface area contributed by atoms with Crippen molar-refractivity contribution in [3.8, 4) is 0 Å². The zero-order valence-electron chi connectivity index (χ0n) is 22.9. The molecule has 0 aliphatic rings. The van der Waals surface area contributed by atoms with Crippen LogP contribution in [0.4, 0.5) is 0 Å². The van der Waals surface area contributed by atoms with Gasteiger partial charge in [-0.3, -0.25) is 24.2 Å². The summed E-state index contributed by atoms with van der Waals surface area (Å²) >= 11 is 0. The molecule has 15 nitrogen and oxygen atoms in total. The van der Waals surface area contributed by atoms with Gasteiger partial charge in [0.2, 0.25) is 17.7 Å². The summed E-state index contributed by atoms with van der Waals surface area (Å²) < 4.78 is 0. The second-order valence-corrected chi connectivity index (χ2v) is 9.91. The summed E-state index contributed by atoms with van der Waals surface area (Å²) in [6, 6.07) is 2.47. The third-order valence-electron chi connectivity index (χ3n) is 6.27. The fourth-order valence-corrected chi connectivity index (χ4v) is 4.11. The van der Waals surface area contributed by atoms with E-state index in [1.54, 1.807) is 20.0 Å². The monoisotopic (exact) mass is 574 g/mol. The van der Waals surface area contributed by atoms with Gasteiger partial charge in [0.15, 0.2) is 5.96 Å². The average molecular weight is 575 g/mol. The molecule has 2 aromatic rings. The Morgan fingerprint density at radius 2 is 1.61 bits per heavy atom. The molecule has 0 spiro atoms. The summed E-state index contributed by atoms with van der Waals surface area (Å²) in [7, 11) is 0. The average Bonchev–Trinajstić information content (AvgIpc) is 3.30. The summed E-state index contributed by atoms with van der Waals surface area (Å²) in [5.74, 6) is -5.82. The van der Waals surface area contributed by atoms with Crippen LogP contribution < -0.4 is 33.2 Å². The van der Waals surface area contributed by atoms with E-state index in [0.29, 0.717) is 6.42 Å². The Balaban J connectivity index is 2.16. The van der Waals surface area contributed by atoms with Crippen LogP contribution >= 0.6 is 0 Å². The number of H-pyrrole nitrogens is 1. The normalized spacial score (nSPS) is 14.0. The first-order valence-corrected chi connectivity index (χ1v) is 13.0. The maximum atomic E-state index is 13.3. The molecule has 0 aliphatic heterocycles. The molecular weight excluding hydrogens is 536 g/mol. The number of aromatic nitrogens is 1. The van der Waals surface area contributed by atoms with Crippen molar-refractivity contribution in [1.82, 2.24) is 20.9 Å². The van der Waals surface area contributed by atoms with Crippen LogP contribution in [0.25, 0.3) is 10.9 Å². The van der Waals surface area contributed by atoms with Gasteiger partial charge in [-0.25, -0.2) is 4.79 Å². The molecule has 0 aliphatic carbocycles. The third-order valence-corrected chi connectivity index (χ3v) is 6.27. The van der Waals surface area contributed by atoms with Crippen molar-refractivity contribution >= 4 is 46.5 Å². The first-order chi connectivity index (χ1) is 19.3. The van der Waals surface area contributed by atoms with E-state index in [1.165, 1.54) is 0 Å². The number of hydrogen-bond donors (Lipinski definition) is 9. The van der Waals surface area contributed by atoms with Gasteiger partial charge in [-0.15, -0.1) is 0 Å². The van der Waals surface area contributed by atoms with Gasteiger partial charge in [0, 0.05) is 23.6 Å². The standard InChI is InChI=1S/C26H38N8O7/c1-13(2)21(24(39)33-19(25(40)41)11-20(35)36)34-23(38)18(8-5-9-30-26(28)29)32-22(37)16(27)10-14-12-31-17-7-4-3-6-15(14)17/h3-4,6-7,12-13,16,18-19,21,31H,5,8-11,27H2,1-2H3,(H,32,37)(H,33,39)(H,34,38)(H,35,36)(H,40,41)(H4,28,29,30). The Morgan fingerprint density at radius 1 is 0.951 bits per heavy atom.